The number of carbonyl (C=O) groups excluding carboxylic acids is 2. The summed E-state index contributed by atoms with van der Waals surface area (Å²) >= 11 is 0. The molecule has 0 aromatic heterocycles. The predicted octanol–water partition coefficient (Wildman–Crippen LogP) is 11.3. The van der Waals surface area contributed by atoms with Gasteiger partial charge in [0.15, 0.2) is 0 Å². The first kappa shape index (κ1) is 34.1. The average molecular weight is 491 g/mol. The highest BCUT2D eigenvalue weighted by Crippen LogP contribution is 2.15. The van der Waals surface area contributed by atoms with Crippen LogP contribution in [0.4, 0.5) is 0 Å². The van der Waals surface area contributed by atoms with Crippen LogP contribution < -0.4 is 0 Å². The first-order valence-corrected chi connectivity index (χ1v) is 15.8. The van der Waals surface area contributed by atoms with Gasteiger partial charge in [0.25, 0.3) is 0 Å². The van der Waals surface area contributed by atoms with Crippen LogP contribution in [0.1, 0.15) is 187 Å². The monoisotopic (exact) mass is 490 g/mol. The van der Waals surface area contributed by atoms with Crippen LogP contribution in [-0.4, -0.2) is 11.6 Å². The van der Waals surface area contributed by atoms with Gasteiger partial charge in [-0.25, -0.2) is 0 Å². The quantitative estimate of drug-likeness (QED) is 0.0593. The molecule has 0 aromatic rings. The lowest BCUT2D eigenvalue weighted by molar-refractivity contribution is -0.125. The number of hydrogen-bond donors (Lipinski definition) is 0. The van der Waals surface area contributed by atoms with Gasteiger partial charge in [0.05, 0.1) is 6.42 Å². The van der Waals surface area contributed by atoms with Gasteiger partial charge in [-0.2, -0.15) is 0 Å². The molecule has 0 fully saturated rings. The molecule has 0 spiro atoms. The Bertz CT molecular complexity index is 479. The summed E-state index contributed by atoms with van der Waals surface area (Å²) in [6.45, 7) is 3.78. The first-order chi connectivity index (χ1) is 17.2. The predicted molar refractivity (Wildman–Crippen MR) is 155 cm³/mol. The topological polar surface area (TPSA) is 34.1 Å². The van der Waals surface area contributed by atoms with Crippen molar-refractivity contribution < 1.29 is 9.59 Å². The molecule has 0 aliphatic heterocycles. The lowest BCUT2D eigenvalue weighted by Crippen LogP contribution is -2.03. The molecule has 0 saturated heterocycles. The molecule has 0 saturated carbocycles. The Morgan fingerprint density at radius 1 is 0.457 bits per heavy atom. The summed E-state index contributed by atoms with van der Waals surface area (Å²) in [5, 5.41) is 0. The van der Waals surface area contributed by atoms with Crippen molar-refractivity contribution in [2.75, 3.05) is 0 Å². The van der Waals surface area contributed by atoms with Crippen molar-refractivity contribution in [3.05, 3.63) is 12.2 Å². The molecular formula is C33H62O2. The zero-order chi connectivity index (χ0) is 25.7. The van der Waals surface area contributed by atoms with E-state index in [9.17, 15) is 9.59 Å². The Kier molecular flexibility index (Phi) is 28.5. The van der Waals surface area contributed by atoms with Crippen molar-refractivity contribution in [1.82, 2.24) is 0 Å². The van der Waals surface area contributed by atoms with Crippen molar-refractivity contribution in [2.24, 2.45) is 0 Å². The second kappa shape index (κ2) is 29.3. The summed E-state index contributed by atoms with van der Waals surface area (Å²) in [7, 11) is 0. The molecule has 2 heteroatoms. The maximum Gasteiger partial charge on any atom is 0.140 e. The highest BCUT2D eigenvalue weighted by Gasteiger charge is 2.04. The Morgan fingerprint density at radius 2 is 0.771 bits per heavy atom. The minimum absolute atomic E-state index is 0.00179. The summed E-state index contributed by atoms with van der Waals surface area (Å²) in [5.74, 6) is 0.118. The molecule has 0 unspecified atom stereocenters. The third-order valence-electron chi connectivity index (χ3n) is 7.16. The normalized spacial score (nSPS) is 11.5. The molecule has 35 heavy (non-hydrogen) atoms. The maximum atomic E-state index is 11.5. The van der Waals surface area contributed by atoms with E-state index in [1.165, 1.54) is 155 Å². The van der Waals surface area contributed by atoms with Crippen molar-refractivity contribution in [3.63, 3.8) is 0 Å². The number of allylic oxidation sites excluding steroid dienone is 2. The van der Waals surface area contributed by atoms with Crippen LogP contribution in [0.5, 0.6) is 0 Å². The molecule has 2 nitrogen and oxygen atoms in total. The van der Waals surface area contributed by atoms with Gasteiger partial charge in [0.1, 0.15) is 11.6 Å². The van der Waals surface area contributed by atoms with Gasteiger partial charge in [-0.15, -0.1) is 0 Å². The highest BCUT2D eigenvalue weighted by atomic mass is 16.1. The van der Waals surface area contributed by atoms with E-state index in [4.69, 9.17) is 0 Å². The summed E-state index contributed by atoms with van der Waals surface area (Å²) in [6.07, 6.45) is 39.6. The molecule has 0 radical (unpaired) electrons. The second-order valence-corrected chi connectivity index (χ2v) is 11.0. The largest absolute Gasteiger partial charge is 0.300 e. The lowest BCUT2D eigenvalue weighted by atomic mass is 10.0. The fourth-order valence-corrected chi connectivity index (χ4v) is 4.88. The molecule has 206 valence electrons. The van der Waals surface area contributed by atoms with Crippen molar-refractivity contribution in [2.45, 2.75) is 187 Å². The Hall–Kier alpha value is -0.920. The molecule has 0 amide bonds. The Labute approximate surface area is 220 Å². The van der Waals surface area contributed by atoms with Gasteiger partial charge in [-0.05, 0) is 39.0 Å². The van der Waals surface area contributed by atoms with E-state index in [-0.39, 0.29) is 18.0 Å². The SMILES string of the molecule is CCCCCCCC/C=C\CCCCCCCCCCCCCCCCCCCC(=O)CC(C)=O. The van der Waals surface area contributed by atoms with E-state index >= 15 is 0 Å². The van der Waals surface area contributed by atoms with Crippen LogP contribution in [0.2, 0.25) is 0 Å². The molecule has 0 aromatic carbocycles. The third-order valence-corrected chi connectivity index (χ3v) is 7.16. The van der Waals surface area contributed by atoms with Crippen LogP contribution in [0.3, 0.4) is 0 Å². The maximum absolute atomic E-state index is 11.5. The molecular weight excluding hydrogens is 428 g/mol. The summed E-state index contributed by atoms with van der Waals surface area (Å²) in [5.41, 5.74) is 0. The Balaban J connectivity index is 3.11. The van der Waals surface area contributed by atoms with E-state index in [0.717, 1.165) is 12.8 Å². The van der Waals surface area contributed by atoms with Crippen molar-refractivity contribution in [3.8, 4) is 0 Å². The van der Waals surface area contributed by atoms with Gasteiger partial charge in [0, 0.05) is 6.42 Å². The van der Waals surface area contributed by atoms with E-state index < -0.39 is 0 Å². The Morgan fingerprint density at radius 3 is 1.11 bits per heavy atom. The molecule has 0 N–H and O–H groups in total. The van der Waals surface area contributed by atoms with Gasteiger partial charge < -0.3 is 0 Å². The fraction of sp³-hybridized carbons (Fsp3) is 0.879. The summed E-state index contributed by atoms with van der Waals surface area (Å²) < 4.78 is 0. The second-order valence-electron chi connectivity index (χ2n) is 11.0. The summed E-state index contributed by atoms with van der Waals surface area (Å²) in [4.78, 5) is 22.4. The number of Topliss-reactive ketones (excluding diaryl/α,β-unsaturated/α-hetero) is 2. The van der Waals surface area contributed by atoms with Gasteiger partial charge in [-0.3, -0.25) is 9.59 Å². The molecule has 0 aliphatic carbocycles. The minimum atomic E-state index is -0.00179. The van der Waals surface area contributed by atoms with Crippen LogP contribution in [0.25, 0.3) is 0 Å². The molecule has 0 atom stereocenters. The first-order valence-electron chi connectivity index (χ1n) is 15.8. The van der Waals surface area contributed by atoms with Crippen LogP contribution >= 0.6 is 0 Å². The highest BCUT2D eigenvalue weighted by molar-refractivity contribution is 5.97. The zero-order valence-corrected chi connectivity index (χ0v) is 24.1. The minimum Gasteiger partial charge on any atom is -0.300 e. The summed E-state index contributed by atoms with van der Waals surface area (Å²) in [6, 6.07) is 0. The smallest absolute Gasteiger partial charge is 0.140 e. The molecule has 0 rings (SSSR count). The van der Waals surface area contributed by atoms with E-state index in [1.54, 1.807) is 0 Å². The zero-order valence-electron chi connectivity index (χ0n) is 24.1. The number of rotatable bonds is 29. The lowest BCUT2D eigenvalue weighted by Gasteiger charge is -2.04. The number of carbonyl (C=O) groups is 2. The van der Waals surface area contributed by atoms with Crippen molar-refractivity contribution in [1.29, 1.82) is 0 Å². The van der Waals surface area contributed by atoms with E-state index in [1.807, 2.05) is 0 Å². The van der Waals surface area contributed by atoms with E-state index in [2.05, 4.69) is 19.1 Å². The third kappa shape index (κ3) is 31.0. The van der Waals surface area contributed by atoms with Gasteiger partial charge >= 0.3 is 0 Å². The van der Waals surface area contributed by atoms with Crippen LogP contribution in [0.15, 0.2) is 12.2 Å². The van der Waals surface area contributed by atoms with Crippen LogP contribution in [0, 0.1) is 0 Å². The molecule has 0 heterocycles. The number of ketones is 2. The van der Waals surface area contributed by atoms with Gasteiger partial charge in [0.2, 0.25) is 0 Å². The van der Waals surface area contributed by atoms with Gasteiger partial charge in [-0.1, -0.05) is 147 Å². The van der Waals surface area contributed by atoms with Crippen molar-refractivity contribution >= 4 is 11.6 Å². The number of hydrogen-bond acceptors (Lipinski definition) is 2. The van der Waals surface area contributed by atoms with Crippen LogP contribution in [-0.2, 0) is 9.59 Å². The number of unbranched alkanes of at least 4 members (excludes halogenated alkanes) is 23. The molecule has 0 aliphatic rings. The standard InChI is InChI=1S/C33H62O2/c1-3-4-5-6-7-8-9-10-11-12-13-14-15-16-17-18-19-20-21-22-23-24-25-26-27-28-29-30-33(35)31-32(2)34/h10-11H,3-9,12-31H2,1-2H3/b11-10-. The average Bonchev–Trinajstić information content (AvgIpc) is 2.83. The van der Waals surface area contributed by atoms with E-state index in [0.29, 0.717) is 6.42 Å². The molecule has 0 bridgehead atoms. The fourth-order valence-electron chi connectivity index (χ4n) is 4.88.